The highest BCUT2D eigenvalue weighted by Crippen LogP contribution is 2.46. The Balaban J connectivity index is 1.50. The van der Waals surface area contributed by atoms with Crippen molar-refractivity contribution in [3.05, 3.63) is 139 Å². The molecule has 0 aliphatic heterocycles. The Hall–Kier alpha value is -5.14. The highest BCUT2D eigenvalue weighted by Gasteiger charge is 2.22. The molecule has 0 amide bonds. The number of rotatable bonds is 3. The van der Waals surface area contributed by atoms with Gasteiger partial charge in [0.05, 0.1) is 16.6 Å². The highest BCUT2D eigenvalue weighted by molar-refractivity contribution is 6.27. The lowest BCUT2D eigenvalue weighted by molar-refractivity contribution is 0.869. The second-order valence-corrected chi connectivity index (χ2v) is 12.0. The summed E-state index contributed by atoms with van der Waals surface area (Å²) < 4.78 is 2.52. The van der Waals surface area contributed by atoms with Gasteiger partial charge in [-0.05, 0) is 91.7 Å². The molecule has 1 heteroatoms. The zero-order chi connectivity index (χ0) is 27.9. The molecule has 0 spiro atoms. The number of aromatic nitrogens is 1. The first kappa shape index (κ1) is 23.6. The number of fused-ring (bicyclic) bond motifs is 8. The van der Waals surface area contributed by atoms with E-state index in [1.54, 1.807) is 0 Å². The van der Waals surface area contributed by atoms with E-state index in [1.165, 1.54) is 87.5 Å². The van der Waals surface area contributed by atoms with E-state index in [4.69, 9.17) is 0 Å². The van der Waals surface area contributed by atoms with Crippen LogP contribution in [0.4, 0.5) is 0 Å². The Kier molecular flexibility index (Phi) is 4.87. The molecule has 0 fully saturated rings. The predicted molar refractivity (Wildman–Crippen MR) is 181 cm³/mol. The number of hydrogen-bond acceptors (Lipinski definition) is 0. The molecular weight excluding hydrogens is 506 g/mol. The van der Waals surface area contributed by atoms with E-state index >= 15 is 0 Å². The molecule has 0 atom stereocenters. The molecule has 198 valence electrons. The molecule has 2 heterocycles. The zero-order valence-electron chi connectivity index (χ0n) is 23.7. The number of hydrogen-bond donors (Lipinski definition) is 0. The minimum absolute atomic E-state index is 0.398. The van der Waals surface area contributed by atoms with E-state index in [2.05, 4.69) is 152 Å². The first-order valence-electron chi connectivity index (χ1n) is 14.9. The Labute approximate surface area is 244 Å². The van der Waals surface area contributed by atoms with Gasteiger partial charge >= 0.3 is 0 Å². The third-order valence-electron chi connectivity index (χ3n) is 9.22. The molecule has 0 unspecified atom stereocenters. The molecule has 9 rings (SSSR count). The molecule has 0 radical (unpaired) electrons. The van der Waals surface area contributed by atoms with Crippen molar-refractivity contribution in [3.8, 4) is 22.3 Å². The first-order valence-corrected chi connectivity index (χ1v) is 14.9. The quantitative estimate of drug-likeness (QED) is 0.212. The van der Waals surface area contributed by atoms with Crippen LogP contribution < -0.4 is 0 Å². The van der Waals surface area contributed by atoms with E-state index in [0.29, 0.717) is 5.92 Å². The van der Waals surface area contributed by atoms with E-state index in [-0.39, 0.29) is 0 Å². The van der Waals surface area contributed by atoms with Crippen LogP contribution in [0.15, 0.2) is 133 Å². The second-order valence-electron chi connectivity index (χ2n) is 12.0. The molecule has 2 aromatic heterocycles. The molecule has 0 aliphatic carbocycles. The van der Waals surface area contributed by atoms with Gasteiger partial charge in [-0.15, -0.1) is 0 Å². The molecule has 42 heavy (non-hydrogen) atoms. The van der Waals surface area contributed by atoms with Gasteiger partial charge in [0.15, 0.2) is 0 Å². The van der Waals surface area contributed by atoms with Crippen molar-refractivity contribution in [1.82, 2.24) is 4.40 Å². The van der Waals surface area contributed by atoms with Crippen molar-refractivity contribution in [2.24, 2.45) is 0 Å². The summed E-state index contributed by atoms with van der Waals surface area (Å²) in [6.07, 6.45) is 0. The standard InChI is InChI=1S/C41H29N/c1-25(2)32-17-10-18-33(26-11-4-3-5-12-26)40(32)31-21-36-34-19-27-13-6-8-15-29(27)23-38(34)42-39-24-30-16-9-7-14-28(30)20-35(39)37(22-31)41(36)42/h3-25H,1-2H3. The van der Waals surface area contributed by atoms with Crippen LogP contribution in [0.2, 0.25) is 0 Å². The summed E-state index contributed by atoms with van der Waals surface area (Å²) >= 11 is 0. The monoisotopic (exact) mass is 535 g/mol. The van der Waals surface area contributed by atoms with Crippen molar-refractivity contribution in [1.29, 1.82) is 0 Å². The van der Waals surface area contributed by atoms with Crippen LogP contribution in [-0.4, -0.2) is 4.40 Å². The SMILES string of the molecule is CC(C)c1cccc(-c2ccccc2)c1-c1cc2c3cc4ccccc4cc3n3c4cc5ccccc5cc4c(c1)c23. The number of nitrogens with zero attached hydrogens (tertiary/aromatic N) is 1. The zero-order valence-corrected chi connectivity index (χ0v) is 23.7. The van der Waals surface area contributed by atoms with E-state index < -0.39 is 0 Å². The summed E-state index contributed by atoms with van der Waals surface area (Å²) in [5, 5.41) is 10.4. The average molecular weight is 536 g/mol. The number of benzene rings is 7. The molecule has 0 aliphatic rings. The normalized spacial score (nSPS) is 12.3. The Morgan fingerprint density at radius 1 is 0.452 bits per heavy atom. The summed E-state index contributed by atoms with van der Waals surface area (Å²) in [6.45, 7) is 4.62. The van der Waals surface area contributed by atoms with Crippen LogP contribution in [0.5, 0.6) is 0 Å². The van der Waals surface area contributed by atoms with Crippen molar-refractivity contribution < 1.29 is 0 Å². The molecule has 0 saturated carbocycles. The van der Waals surface area contributed by atoms with Crippen LogP contribution >= 0.6 is 0 Å². The summed E-state index contributed by atoms with van der Waals surface area (Å²) in [4.78, 5) is 0. The maximum Gasteiger partial charge on any atom is 0.0620 e. The van der Waals surface area contributed by atoms with Gasteiger partial charge < -0.3 is 4.40 Å². The molecule has 0 saturated heterocycles. The van der Waals surface area contributed by atoms with Crippen LogP contribution in [0, 0.1) is 0 Å². The predicted octanol–water partition coefficient (Wildman–Crippen LogP) is 11.6. The van der Waals surface area contributed by atoms with Crippen molar-refractivity contribution in [2.75, 3.05) is 0 Å². The van der Waals surface area contributed by atoms with Gasteiger partial charge in [0.2, 0.25) is 0 Å². The van der Waals surface area contributed by atoms with Crippen LogP contribution in [0.25, 0.3) is 81.9 Å². The Bertz CT molecular complexity index is 2350. The topological polar surface area (TPSA) is 4.41 Å². The lowest BCUT2D eigenvalue weighted by atomic mass is 9.85. The molecule has 0 bridgehead atoms. The third-order valence-corrected chi connectivity index (χ3v) is 9.22. The maximum absolute atomic E-state index is 2.52. The van der Waals surface area contributed by atoms with Gasteiger partial charge in [-0.1, -0.05) is 111 Å². The maximum atomic E-state index is 2.52. The molecular formula is C41H29N. The average Bonchev–Trinajstić information content (AvgIpc) is 3.52. The fourth-order valence-electron chi connectivity index (χ4n) is 7.29. The van der Waals surface area contributed by atoms with E-state index in [0.717, 1.165) is 0 Å². The van der Waals surface area contributed by atoms with Crippen molar-refractivity contribution >= 4 is 59.6 Å². The molecule has 1 nitrogen and oxygen atoms in total. The third kappa shape index (κ3) is 3.25. The Morgan fingerprint density at radius 2 is 0.976 bits per heavy atom. The fourth-order valence-corrected chi connectivity index (χ4v) is 7.29. The second kappa shape index (κ2) is 8.68. The smallest absolute Gasteiger partial charge is 0.0620 e. The minimum atomic E-state index is 0.398. The van der Waals surface area contributed by atoms with Gasteiger partial charge in [0.25, 0.3) is 0 Å². The van der Waals surface area contributed by atoms with E-state index in [1.807, 2.05) is 0 Å². The lowest BCUT2D eigenvalue weighted by Gasteiger charge is -2.18. The van der Waals surface area contributed by atoms with Crippen LogP contribution in [-0.2, 0) is 0 Å². The lowest BCUT2D eigenvalue weighted by Crippen LogP contribution is -1.96. The van der Waals surface area contributed by atoms with Crippen molar-refractivity contribution in [3.63, 3.8) is 0 Å². The molecule has 7 aromatic carbocycles. The molecule has 0 N–H and O–H groups in total. The van der Waals surface area contributed by atoms with Gasteiger partial charge in [0, 0.05) is 21.5 Å². The van der Waals surface area contributed by atoms with Gasteiger partial charge in [-0.25, -0.2) is 0 Å². The minimum Gasteiger partial charge on any atom is -0.308 e. The summed E-state index contributed by atoms with van der Waals surface area (Å²) in [5.41, 5.74) is 10.4. The molecule has 9 aromatic rings. The fraction of sp³-hybridized carbons (Fsp3) is 0.0732. The first-order chi connectivity index (χ1) is 20.7. The summed E-state index contributed by atoms with van der Waals surface area (Å²) in [7, 11) is 0. The highest BCUT2D eigenvalue weighted by atomic mass is 14.9. The van der Waals surface area contributed by atoms with E-state index in [9.17, 15) is 0 Å². The van der Waals surface area contributed by atoms with Crippen LogP contribution in [0.1, 0.15) is 25.3 Å². The van der Waals surface area contributed by atoms with Gasteiger partial charge in [-0.2, -0.15) is 0 Å². The van der Waals surface area contributed by atoms with Gasteiger partial charge in [-0.3, -0.25) is 0 Å². The summed E-state index contributed by atoms with van der Waals surface area (Å²) in [6, 6.07) is 49.7. The largest absolute Gasteiger partial charge is 0.308 e. The van der Waals surface area contributed by atoms with Crippen LogP contribution in [0.3, 0.4) is 0 Å². The van der Waals surface area contributed by atoms with Gasteiger partial charge in [0.1, 0.15) is 0 Å². The van der Waals surface area contributed by atoms with Crippen molar-refractivity contribution in [2.45, 2.75) is 19.8 Å². The summed E-state index contributed by atoms with van der Waals surface area (Å²) in [5.74, 6) is 0.398. The Morgan fingerprint density at radius 3 is 1.52 bits per heavy atom.